The fourth-order valence-corrected chi connectivity index (χ4v) is 1.26. The number of carbonyl (C=O) groups excluding carboxylic acids is 3. The average Bonchev–Trinajstić information content (AvgIpc) is 2.26. The minimum atomic E-state index is -0.536. The Morgan fingerprint density at radius 3 is 2.59 bits per heavy atom. The van der Waals surface area contributed by atoms with E-state index in [0.29, 0.717) is 12.8 Å². The van der Waals surface area contributed by atoms with Gasteiger partial charge in [-0.1, -0.05) is 13.0 Å². The molecule has 0 saturated heterocycles. The van der Waals surface area contributed by atoms with E-state index >= 15 is 0 Å². The summed E-state index contributed by atoms with van der Waals surface area (Å²) in [4.78, 5) is 32.7. The van der Waals surface area contributed by atoms with Crippen LogP contribution >= 0.6 is 12.6 Å². The molecule has 0 spiro atoms. The van der Waals surface area contributed by atoms with Gasteiger partial charge in [-0.15, -0.1) is 12.6 Å². The maximum atomic E-state index is 11.4. The molecule has 96 valence electrons. The molecule has 0 aromatic heterocycles. The van der Waals surface area contributed by atoms with E-state index in [1.807, 2.05) is 0 Å². The Balaban J connectivity index is 3.77. The molecule has 0 aliphatic carbocycles. The second-order valence-electron chi connectivity index (χ2n) is 3.55. The van der Waals surface area contributed by atoms with Crippen LogP contribution in [0, 0.1) is 5.92 Å². The van der Waals surface area contributed by atoms with Gasteiger partial charge < -0.3 is 4.74 Å². The van der Waals surface area contributed by atoms with Gasteiger partial charge in [0.15, 0.2) is 5.12 Å². The van der Waals surface area contributed by atoms with Crippen molar-refractivity contribution in [2.45, 2.75) is 26.2 Å². The molecule has 0 saturated carbocycles. The molecule has 0 rings (SSSR count). The SMILES string of the molecule is COC(=O)N/C=C/CCC(C)C(=O)CC(=O)S. The van der Waals surface area contributed by atoms with Crippen LogP contribution in [0.4, 0.5) is 4.79 Å². The second kappa shape index (κ2) is 8.81. The molecule has 0 fully saturated rings. The van der Waals surface area contributed by atoms with Crippen LogP contribution in [0.2, 0.25) is 0 Å². The molecule has 5 nitrogen and oxygen atoms in total. The van der Waals surface area contributed by atoms with E-state index in [9.17, 15) is 14.4 Å². The highest BCUT2D eigenvalue weighted by Crippen LogP contribution is 2.10. The van der Waals surface area contributed by atoms with Crippen LogP contribution in [0.3, 0.4) is 0 Å². The van der Waals surface area contributed by atoms with E-state index in [1.54, 1.807) is 13.0 Å². The third-order valence-corrected chi connectivity index (χ3v) is 2.30. The molecule has 1 unspecified atom stereocenters. The predicted octanol–water partition coefficient (Wildman–Crippen LogP) is 1.69. The van der Waals surface area contributed by atoms with Crippen LogP contribution in [0.1, 0.15) is 26.2 Å². The number of alkyl carbamates (subject to hydrolysis) is 1. The Morgan fingerprint density at radius 1 is 1.41 bits per heavy atom. The normalized spacial score (nSPS) is 12.2. The van der Waals surface area contributed by atoms with Crippen molar-refractivity contribution >= 4 is 29.6 Å². The van der Waals surface area contributed by atoms with Crippen molar-refractivity contribution in [2.24, 2.45) is 5.92 Å². The Hall–Kier alpha value is -1.30. The second-order valence-corrected chi connectivity index (χ2v) is 4.05. The smallest absolute Gasteiger partial charge is 0.410 e. The average molecular weight is 259 g/mol. The van der Waals surface area contributed by atoms with Gasteiger partial charge in [-0.05, 0) is 12.8 Å². The highest BCUT2D eigenvalue weighted by atomic mass is 32.1. The standard InChI is InChI=1S/C11H17NO4S/c1-8(9(13)7-10(14)17)5-3-4-6-12-11(15)16-2/h4,6,8H,3,5,7H2,1-2H3,(H,12,15)(H,14,17)/b6-4+. The monoisotopic (exact) mass is 259 g/mol. The zero-order chi connectivity index (χ0) is 13.3. The molecule has 17 heavy (non-hydrogen) atoms. The maximum absolute atomic E-state index is 11.4. The van der Waals surface area contributed by atoms with Crippen molar-refractivity contribution in [3.63, 3.8) is 0 Å². The zero-order valence-corrected chi connectivity index (χ0v) is 10.8. The molecular weight excluding hydrogens is 242 g/mol. The number of rotatable bonds is 7. The summed E-state index contributed by atoms with van der Waals surface area (Å²) in [5.41, 5.74) is 0. The number of Topliss-reactive ketones (excluding diaryl/α,β-unsaturated/α-hetero) is 1. The molecule has 1 atom stereocenters. The summed E-state index contributed by atoms with van der Waals surface area (Å²) in [5.74, 6) is -0.298. The molecule has 0 aromatic carbocycles. The minimum absolute atomic E-state index is 0.112. The van der Waals surface area contributed by atoms with Crippen LogP contribution in [-0.2, 0) is 14.3 Å². The lowest BCUT2D eigenvalue weighted by atomic mass is 9.99. The van der Waals surface area contributed by atoms with E-state index in [-0.39, 0.29) is 18.1 Å². The number of hydrogen-bond donors (Lipinski definition) is 2. The van der Waals surface area contributed by atoms with Gasteiger partial charge in [-0.25, -0.2) is 4.79 Å². The highest BCUT2D eigenvalue weighted by Gasteiger charge is 2.13. The van der Waals surface area contributed by atoms with Crippen LogP contribution in [0.15, 0.2) is 12.3 Å². The number of allylic oxidation sites excluding steroid dienone is 1. The molecule has 0 aliphatic heterocycles. The number of ketones is 1. The Labute approximate surface area is 106 Å². The Bertz CT molecular complexity index is 315. The van der Waals surface area contributed by atoms with Crippen LogP contribution < -0.4 is 5.32 Å². The van der Waals surface area contributed by atoms with Gasteiger partial charge in [-0.2, -0.15) is 0 Å². The molecule has 0 radical (unpaired) electrons. The molecule has 0 bridgehead atoms. The van der Waals surface area contributed by atoms with E-state index in [0.717, 1.165) is 0 Å². The summed E-state index contributed by atoms with van der Waals surface area (Å²) < 4.78 is 4.36. The number of methoxy groups -OCH3 is 1. The number of carbonyl (C=O) groups is 3. The van der Waals surface area contributed by atoms with Crippen molar-refractivity contribution in [1.29, 1.82) is 0 Å². The first-order valence-electron chi connectivity index (χ1n) is 5.21. The number of hydrogen-bond acceptors (Lipinski definition) is 4. The number of amides is 1. The third kappa shape index (κ3) is 8.50. The van der Waals surface area contributed by atoms with Crippen molar-refractivity contribution < 1.29 is 19.1 Å². The third-order valence-electron chi connectivity index (χ3n) is 2.15. The quantitative estimate of drug-likeness (QED) is 0.539. The maximum Gasteiger partial charge on any atom is 0.410 e. The molecule has 0 aliphatic rings. The molecule has 6 heteroatoms. The van der Waals surface area contributed by atoms with E-state index in [1.165, 1.54) is 13.3 Å². The van der Waals surface area contributed by atoms with Gasteiger partial charge in [0.1, 0.15) is 5.78 Å². The fraction of sp³-hybridized carbons (Fsp3) is 0.545. The number of thiol groups is 1. The lowest BCUT2D eigenvalue weighted by Crippen LogP contribution is -2.16. The predicted molar refractivity (Wildman–Crippen MR) is 66.7 cm³/mol. The lowest BCUT2D eigenvalue weighted by Gasteiger charge is -2.06. The first kappa shape index (κ1) is 15.7. The lowest BCUT2D eigenvalue weighted by molar-refractivity contribution is -0.125. The molecule has 1 N–H and O–H groups in total. The molecule has 1 amide bonds. The summed E-state index contributed by atoms with van der Waals surface area (Å²) in [7, 11) is 1.28. The highest BCUT2D eigenvalue weighted by molar-refractivity contribution is 7.96. The number of ether oxygens (including phenoxy) is 1. The molecule has 0 heterocycles. The van der Waals surface area contributed by atoms with Gasteiger partial charge in [0.05, 0.1) is 13.5 Å². The van der Waals surface area contributed by atoms with Crippen LogP contribution in [0.5, 0.6) is 0 Å². The van der Waals surface area contributed by atoms with E-state index in [4.69, 9.17) is 0 Å². The topological polar surface area (TPSA) is 72.5 Å². The van der Waals surface area contributed by atoms with Crippen molar-refractivity contribution in [2.75, 3.05) is 7.11 Å². The summed E-state index contributed by atoms with van der Waals surface area (Å²) >= 11 is 3.55. The van der Waals surface area contributed by atoms with Gasteiger partial charge in [0.2, 0.25) is 0 Å². The van der Waals surface area contributed by atoms with Gasteiger partial charge >= 0.3 is 6.09 Å². The molecule has 0 aromatic rings. The minimum Gasteiger partial charge on any atom is -0.453 e. The van der Waals surface area contributed by atoms with Crippen molar-refractivity contribution in [1.82, 2.24) is 5.32 Å². The summed E-state index contributed by atoms with van der Waals surface area (Å²) in [6, 6.07) is 0. The van der Waals surface area contributed by atoms with Crippen LogP contribution in [0.25, 0.3) is 0 Å². The largest absolute Gasteiger partial charge is 0.453 e. The molecular formula is C11H17NO4S. The fourth-order valence-electron chi connectivity index (χ4n) is 1.10. The summed E-state index contributed by atoms with van der Waals surface area (Å²) in [6.07, 6.45) is 3.78. The van der Waals surface area contributed by atoms with E-state index in [2.05, 4.69) is 22.7 Å². The first-order chi connectivity index (χ1) is 7.97. The van der Waals surface area contributed by atoms with E-state index < -0.39 is 11.2 Å². The van der Waals surface area contributed by atoms with Crippen molar-refractivity contribution in [3.8, 4) is 0 Å². The Morgan fingerprint density at radius 2 is 2.06 bits per heavy atom. The van der Waals surface area contributed by atoms with Crippen molar-refractivity contribution in [3.05, 3.63) is 12.3 Å². The van der Waals surface area contributed by atoms with Gasteiger partial charge in [0.25, 0.3) is 0 Å². The summed E-state index contributed by atoms with van der Waals surface area (Å²) in [5, 5.41) is 1.96. The van der Waals surface area contributed by atoms with Gasteiger partial charge in [0, 0.05) is 12.1 Å². The Kier molecular flexibility index (Phi) is 8.13. The summed E-state index contributed by atoms with van der Waals surface area (Å²) in [6.45, 7) is 1.76. The van der Waals surface area contributed by atoms with Gasteiger partial charge in [-0.3, -0.25) is 14.9 Å². The first-order valence-corrected chi connectivity index (χ1v) is 5.66. The zero-order valence-electron chi connectivity index (χ0n) is 9.93. The van der Waals surface area contributed by atoms with Crippen LogP contribution in [-0.4, -0.2) is 24.1 Å². The number of nitrogens with one attached hydrogen (secondary N) is 1.